The number of hydrogen-bond donors (Lipinski definition) is 1. The van der Waals surface area contributed by atoms with E-state index in [1.54, 1.807) is 0 Å². The van der Waals surface area contributed by atoms with Crippen LogP contribution in [-0.2, 0) is 4.79 Å². The number of piperidine rings is 1. The van der Waals surface area contributed by atoms with E-state index >= 15 is 0 Å². The minimum absolute atomic E-state index is 0.225. The molecule has 3 nitrogen and oxygen atoms in total. The smallest absolute Gasteiger partial charge is 0.311 e. The maximum atomic E-state index is 11.6. The molecule has 0 bridgehead atoms. The summed E-state index contributed by atoms with van der Waals surface area (Å²) in [4.78, 5) is 13.8. The lowest BCUT2D eigenvalue weighted by molar-refractivity contribution is -0.140. The molecule has 1 aliphatic rings. The molecule has 1 N–H and O–H groups in total. The highest BCUT2D eigenvalue weighted by Crippen LogP contribution is 2.32. The van der Waals surface area contributed by atoms with Gasteiger partial charge in [0.15, 0.2) is 0 Å². The van der Waals surface area contributed by atoms with Gasteiger partial charge in [0.25, 0.3) is 0 Å². The van der Waals surface area contributed by atoms with Crippen LogP contribution in [0, 0.1) is 12.8 Å². The van der Waals surface area contributed by atoms with Crippen LogP contribution in [0.25, 0.3) is 0 Å². The average molecular weight is 247 g/mol. The summed E-state index contributed by atoms with van der Waals surface area (Å²) < 4.78 is 0. The Morgan fingerprint density at radius 2 is 2.28 bits per heavy atom. The Bertz CT molecular complexity index is 430. The van der Waals surface area contributed by atoms with Gasteiger partial charge in [0.1, 0.15) is 0 Å². The summed E-state index contributed by atoms with van der Waals surface area (Å²) in [5.74, 6) is -0.836. The van der Waals surface area contributed by atoms with E-state index in [0.29, 0.717) is 0 Å². The molecule has 1 saturated heterocycles. The number of aryl methyl sites for hydroxylation is 1. The van der Waals surface area contributed by atoms with E-state index in [2.05, 4.69) is 11.9 Å². The Balaban J connectivity index is 2.25. The number of likely N-dealkylation sites (tertiary alicyclic amines) is 1. The van der Waals surface area contributed by atoms with Crippen molar-refractivity contribution < 1.29 is 9.90 Å². The molecule has 1 aromatic rings. The van der Waals surface area contributed by atoms with Gasteiger partial charge in [0.05, 0.1) is 5.92 Å². The molecule has 0 aromatic heterocycles. The van der Waals surface area contributed by atoms with E-state index in [-0.39, 0.29) is 11.8 Å². The Labute approximate surface area is 108 Å². The van der Waals surface area contributed by atoms with E-state index in [1.165, 1.54) is 0 Å². The Morgan fingerprint density at radius 3 is 2.89 bits per heavy atom. The molecule has 2 unspecified atom stereocenters. The number of nitrogens with zero attached hydrogens (tertiary/aromatic N) is 1. The summed E-state index contributed by atoms with van der Waals surface area (Å²) in [7, 11) is 2.07. The second-order valence-electron chi connectivity index (χ2n) is 5.39. The van der Waals surface area contributed by atoms with Crippen LogP contribution in [-0.4, -0.2) is 36.1 Å². The van der Waals surface area contributed by atoms with Gasteiger partial charge in [0.2, 0.25) is 0 Å². The topological polar surface area (TPSA) is 40.5 Å². The first-order valence-electron chi connectivity index (χ1n) is 6.56. The van der Waals surface area contributed by atoms with Crippen LogP contribution < -0.4 is 0 Å². The van der Waals surface area contributed by atoms with Crippen LogP contribution in [0.3, 0.4) is 0 Å². The van der Waals surface area contributed by atoms with Crippen molar-refractivity contribution in [2.75, 3.05) is 20.1 Å². The summed E-state index contributed by atoms with van der Waals surface area (Å²) in [6.45, 7) is 3.97. The summed E-state index contributed by atoms with van der Waals surface area (Å²) >= 11 is 0. The van der Waals surface area contributed by atoms with E-state index in [4.69, 9.17) is 0 Å². The lowest BCUT2D eigenvalue weighted by Crippen LogP contribution is -2.37. The monoisotopic (exact) mass is 247 g/mol. The van der Waals surface area contributed by atoms with Gasteiger partial charge in [-0.1, -0.05) is 29.8 Å². The molecule has 0 spiro atoms. The molecule has 18 heavy (non-hydrogen) atoms. The zero-order valence-electron chi connectivity index (χ0n) is 11.1. The Hall–Kier alpha value is -1.35. The lowest BCUT2D eigenvalue weighted by Gasteiger charge is -2.33. The Morgan fingerprint density at radius 1 is 1.50 bits per heavy atom. The molecule has 3 heteroatoms. The number of benzene rings is 1. The van der Waals surface area contributed by atoms with Crippen molar-refractivity contribution in [3.63, 3.8) is 0 Å². The molecule has 0 radical (unpaired) electrons. The summed E-state index contributed by atoms with van der Waals surface area (Å²) in [5, 5.41) is 9.54. The lowest BCUT2D eigenvalue weighted by atomic mass is 9.81. The highest BCUT2D eigenvalue weighted by molar-refractivity contribution is 5.76. The van der Waals surface area contributed by atoms with Crippen molar-refractivity contribution in [3.8, 4) is 0 Å². The molecule has 0 amide bonds. The van der Waals surface area contributed by atoms with E-state index in [9.17, 15) is 9.90 Å². The van der Waals surface area contributed by atoms with Gasteiger partial charge in [-0.25, -0.2) is 0 Å². The second-order valence-corrected chi connectivity index (χ2v) is 5.39. The molecular weight excluding hydrogens is 226 g/mol. The average Bonchev–Trinajstić information content (AvgIpc) is 2.28. The summed E-state index contributed by atoms with van der Waals surface area (Å²) in [6.07, 6.45) is 2.10. The first-order chi connectivity index (χ1) is 8.58. The third-order valence-corrected chi connectivity index (χ3v) is 3.80. The first kappa shape index (κ1) is 13.1. The van der Waals surface area contributed by atoms with Crippen LogP contribution in [0.1, 0.15) is 29.9 Å². The van der Waals surface area contributed by atoms with Gasteiger partial charge < -0.3 is 10.0 Å². The van der Waals surface area contributed by atoms with Crippen LogP contribution in [0.15, 0.2) is 24.3 Å². The molecular formula is C15H21NO2. The minimum atomic E-state index is -0.694. The van der Waals surface area contributed by atoms with E-state index in [1.807, 2.05) is 31.2 Å². The van der Waals surface area contributed by atoms with Gasteiger partial charge >= 0.3 is 5.97 Å². The van der Waals surface area contributed by atoms with Crippen molar-refractivity contribution in [1.29, 1.82) is 0 Å². The zero-order valence-corrected chi connectivity index (χ0v) is 11.1. The van der Waals surface area contributed by atoms with Crippen molar-refractivity contribution in [2.45, 2.75) is 25.7 Å². The first-order valence-corrected chi connectivity index (χ1v) is 6.56. The molecule has 1 heterocycles. The van der Waals surface area contributed by atoms with Crippen molar-refractivity contribution in [1.82, 2.24) is 4.90 Å². The number of carboxylic acids is 1. The van der Waals surface area contributed by atoms with Gasteiger partial charge in [-0.05, 0) is 44.8 Å². The number of aliphatic carboxylic acids is 1. The third-order valence-electron chi connectivity index (χ3n) is 3.80. The van der Waals surface area contributed by atoms with Gasteiger partial charge in [-0.15, -0.1) is 0 Å². The molecule has 1 aliphatic heterocycles. The van der Waals surface area contributed by atoms with Gasteiger partial charge in [0, 0.05) is 6.54 Å². The number of carbonyl (C=O) groups is 1. The number of hydrogen-bond acceptors (Lipinski definition) is 2. The fraction of sp³-hybridized carbons (Fsp3) is 0.533. The predicted octanol–water partition coefficient (Wildman–Crippen LogP) is 2.51. The molecule has 0 aliphatic carbocycles. The van der Waals surface area contributed by atoms with E-state index < -0.39 is 5.97 Å². The summed E-state index contributed by atoms with van der Waals surface area (Å²) in [6, 6.07) is 7.91. The van der Waals surface area contributed by atoms with Gasteiger partial charge in [-0.3, -0.25) is 4.79 Å². The maximum absolute atomic E-state index is 11.6. The SMILES string of the molecule is Cc1cccc(C(C(=O)O)C2CCCN(C)C2)c1. The van der Waals surface area contributed by atoms with E-state index in [0.717, 1.165) is 37.1 Å². The van der Waals surface area contributed by atoms with Crippen molar-refractivity contribution in [2.24, 2.45) is 5.92 Å². The van der Waals surface area contributed by atoms with Gasteiger partial charge in [-0.2, -0.15) is 0 Å². The normalized spacial score (nSPS) is 22.7. The standard InChI is InChI=1S/C15H21NO2/c1-11-5-3-6-12(9-11)14(15(17)18)13-7-4-8-16(2)10-13/h3,5-6,9,13-14H,4,7-8,10H2,1-2H3,(H,17,18). The summed E-state index contributed by atoms with van der Waals surface area (Å²) in [5.41, 5.74) is 2.07. The number of carboxylic acid groups (broad SMARTS) is 1. The fourth-order valence-corrected chi connectivity index (χ4v) is 2.96. The minimum Gasteiger partial charge on any atom is -0.481 e. The molecule has 1 fully saturated rings. The quantitative estimate of drug-likeness (QED) is 0.892. The van der Waals surface area contributed by atoms with Crippen molar-refractivity contribution in [3.05, 3.63) is 35.4 Å². The highest BCUT2D eigenvalue weighted by Gasteiger charge is 2.32. The molecule has 0 saturated carbocycles. The van der Waals surface area contributed by atoms with Crippen LogP contribution in [0.2, 0.25) is 0 Å². The third kappa shape index (κ3) is 2.91. The van der Waals surface area contributed by atoms with Crippen LogP contribution in [0.4, 0.5) is 0 Å². The fourth-order valence-electron chi connectivity index (χ4n) is 2.96. The molecule has 2 atom stereocenters. The highest BCUT2D eigenvalue weighted by atomic mass is 16.4. The Kier molecular flexibility index (Phi) is 4.02. The van der Waals surface area contributed by atoms with Crippen LogP contribution in [0.5, 0.6) is 0 Å². The predicted molar refractivity (Wildman–Crippen MR) is 71.8 cm³/mol. The zero-order chi connectivity index (χ0) is 13.1. The second kappa shape index (κ2) is 5.53. The van der Waals surface area contributed by atoms with Crippen LogP contribution >= 0.6 is 0 Å². The maximum Gasteiger partial charge on any atom is 0.311 e. The largest absolute Gasteiger partial charge is 0.481 e. The number of rotatable bonds is 3. The molecule has 98 valence electrons. The van der Waals surface area contributed by atoms with Crippen molar-refractivity contribution >= 4 is 5.97 Å². The molecule has 2 rings (SSSR count). The molecule has 1 aromatic carbocycles.